The SMILES string of the molecule is O=C(/C=C/C=C/c1ccc(N2CCOCC2)cc1)N1CCCCC1. The van der Waals surface area contributed by atoms with Crippen molar-refractivity contribution in [1.29, 1.82) is 0 Å². The summed E-state index contributed by atoms with van der Waals surface area (Å²) < 4.78 is 5.38. The predicted octanol–water partition coefficient (Wildman–Crippen LogP) is 3.11. The number of ether oxygens (including phenoxy) is 1. The van der Waals surface area contributed by atoms with Crippen LogP contribution < -0.4 is 4.90 Å². The van der Waals surface area contributed by atoms with E-state index in [1.807, 2.05) is 23.1 Å². The van der Waals surface area contributed by atoms with Crippen molar-refractivity contribution in [3.8, 4) is 0 Å². The molecule has 3 rings (SSSR count). The minimum Gasteiger partial charge on any atom is -0.378 e. The van der Waals surface area contributed by atoms with Crippen LogP contribution in [0.3, 0.4) is 0 Å². The van der Waals surface area contributed by atoms with Crippen LogP contribution in [-0.2, 0) is 9.53 Å². The molecule has 0 unspecified atom stereocenters. The number of hydrogen-bond acceptors (Lipinski definition) is 3. The molecule has 128 valence electrons. The van der Waals surface area contributed by atoms with Gasteiger partial charge in [-0.25, -0.2) is 0 Å². The number of rotatable bonds is 4. The van der Waals surface area contributed by atoms with Gasteiger partial charge in [0.05, 0.1) is 13.2 Å². The third kappa shape index (κ3) is 4.71. The van der Waals surface area contributed by atoms with Crippen molar-refractivity contribution in [3.05, 3.63) is 48.1 Å². The van der Waals surface area contributed by atoms with Gasteiger partial charge in [-0.1, -0.05) is 30.4 Å². The molecule has 2 saturated heterocycles. The number of benzene rings is 1. The summed E-state index contributed by atoms with van der Waals surface area (Å²) in [6.07, 6.45) is 11.0. The lowest BCUT2D eigenvalue weighted by atomic mass is 10.1. The molecule has 4 nitrogen and oxygen atoms in total. The lowest BCUT2D eigenvalue weighted by Gasteiger charge is -2.28. The van der Waals surface area contributed by atoms with Gasteiger partial charge in [0.15, 0.2) is 0 Å². The van der Waals surface area contributed by atoms with E-state index in [1.165, 1.54) is 12.1 Å². The summed E-state index contributed by atoms with van der Waals surface area (Å²) in [6, 6.07) is 8.52. The Hall–Kier alpha value is -2.07. The Balaban J connectivity index is 1.50. The van der Waals surface area contributed by atoms with Crippen LogP contribution in [0.2, 0.25) is 0 Å². The molecule has 1 aromatic carbocycles. The predicted molar refractivity (Wildman–Crippen MR) is 98.1 cm³/mol. The van der Waals surface area contributed by atoms with Gasteiger partial charge in [0.2, 0.25) is 5.91 Å². The highest BCUT2D eigenvalue weighted by atomic mass is 16.5. The van der Waals surface area contributed by atoms with Crippen molar-refractivity contribution >= 4 is 17.7 Å². The molecule has 24 heavy (non-hydrogen) atoms. The lowest BCUT2D eigenvalue weighted by Crippen LogP contribution is -2.36. The Kier molecular flexibility index (Phi) is 6.07. The molecule has 0 aliphatic carbocycles. The summed E-state index contributed by atoms with van der Waals surface area (Å²) in [5, 5.41) is 0. The summed E-state index contributed by atoms with van der Waals surface area (Å²) in [5.41, 5.74) is 2.38. The van der Waals surface area contributed by atoms with E-state index in [0.717, 1.165) is 57.8 Å². The maximum absolute atomic E-state index is 12.0. The van der Waals surface area contributed by atoms with Gasteiger partial charge in [-0.05, 0) is 37.0 Å². The Labute approximate surface area is 144 Å². The molecule has 0 radical (unpaired) electrons. The number of allylic oxidation sites excluding steroid dienone is 2. The van der Waals surface area contributed by atoms with Crippen LogP contribution in [0.1, 0.15) is 24.8 Å². The molecule has 1 aromatic rings. The average molecular weight is 326 g/mol. The van der Waals surface area contributed by atoms with Gasteiger partial charge in [-0.3, -0.25) is 4.79 Å². The Morgan fingerprint density at radius 1 is 0.917 bits per heavy atom. The van der Waals surface area contributed by atoms with Gasteiger partial charge in [-0.2, -0.15) is 0 Å². The molecule has 2 fully saturated rings. The Morgan fingerprint density at radius 2 is 1.62 bits per heavy atom. The Morgan fingerprint density at radius 3 is 2.33 bits per heavy atom. The number of morpholine rings is 1. The first-order chi connectivity index (χ1) is 11.8. The molecule has 0 spiro atoms. The second kappa shape index (κ2) is 8.69. The van der Waals surface area contributed by atoms with Gasteiger partial charge < -0.3 is 14.5 Å². The van der Waals surface area contributed by atoms with Crippen LogP contribution in [0.4, 0.5) is 5.69 Å². The van der Waals surface area contributed by atoms with Gasteiger partial charge in [0.1, 0.15) is 0 Å². The first kappa shape index (κ1) is 16.8. The maximum Gasteiger partial charge on any atom is 0.246 e. The van der Waals surface area contributed by atoms with E-state index < -0.39 is 0 Å². The number of amides is 1. The molecule has 0 N–H and O–H groups in total. The van der Waals surface area contributed by atoms with Crippen LogP contribution in [0.15, 0.2) is 42.5 Å². The largest absolute Gasteiger partial charge is 0.378 e. The average Bonchev–Trinajstić information content (AvgIpc) is 2.67. The van der Waals surface area contributed by atoms with Crippen molar-refractivity contribution in [2.75, 3.05) is 44.3 Å². The first-order valence-electron chi connectivity index (χ1n) is 8.89. The summed E-state index contributed by atoms with van der Waals surface area (Å²) >= 11 is 0. The highest BCUT2D eigenvalue weighted by Gasteiger charge is 2.13. The Bertz CT molecular complexity index is 580. The molecular formula is C20H26N2O2. The number of carbonyl (C=O) groups excluding carboxylic acids is 1. The van der Waals surface area contributed by atoms with Gasteiger partial charge in [0.25, 0.3) is 0 Å². The summed E-state index contributed by atoms with van der Waals surface area (Å²) in [7, 11) is 0. The smallest absolute Gasteiger partial charge is 0.246 e. The van der Waals surface area contributed by atoms with Crippen LogP contribution in [0.25, 0.3) is 6.08 Å². The van der Waals surface area contributed by atoms with Gasteiger partial charge in [0, 0.05) is 37.9 Å². The second-order valence-electron chi connectivity index (χ2n) is 6.30. The number of nitrogens with zero attached hydrogens (tertiary/aromatic N) is 2. The highest BCUT2D eigenvalue weighted by molar-refractivity contribution is 5.88. The molecule has 0 atom stereocenters. The maximum atomic E-state index is 12.0. The number of hydrogen-bond donors (Lipinski definition) is 0. The minimum atomic E-state index is 0.127. The van der Waals surface area contributed by atoms with E-state index in [0.29, 0.717) is 0 Å². The van der Waals surface area contributed by atoms with Crippen molar-refractivity contribution in [1.82, 2.24) is 4.90 Å². The van der Waals surface area contributed by atoms with E-state index in [4.69, 9.17) is 4.74 Å². The quantitative estimate of drug-likeness (QED) is 0.629. The van der Waals surface area contributed by atoms with E-state index in [-0.39, 0.29) is 5.91 Å². The van der Waals surface area contributed by atoms with Gasteiger partial charge in [-0.15, -0.1) is 0 Å². The number of likely N-dealkylation sites (tertiary alicyclic amines) is 1. The first-order valence-corrected chi connectivity index (χ1v) is 8.89. The summed E-state index contributed by atoms with van der Waals surface area (Å²) in [4.78, 5) is 16.3. The van der Waals surface area contributed by atoms with E-state index in [2.05, 4.69) is 29.2 Å². The molecule has 2 aliphatic heterocycles. The summed E-state index contributed by atoms with van der Waals surface area (Å²) in [5.74, 6) is 0.127. The van der Waals surface area contributed by atoms with Crippen molar-refractivity contribution < 1.29 is 9.53 Å². The fourth-order valence-corrected chi connectivity index (χ4v) is 3.14. The molecule has 0 aromatic heterocycles. The van der Waals surface area contributed by atoms with Gasteiger partial charge >= 0.3 is 0 Å². The molecular weight excluding hydrogens is 300 g/mol. The second-order valence-corrected chi connectivity index (χ2v) is 6.30. The van der Waals surface area contributed by atoms with Crippen molar-refractivity contribution in [3.63, 3.8) is 0 Å². The minimum absolute atomic E-state index is 0.127. The standard InChI is InChI=1S/C20H26N2O2/c23-20(22-12-4-1-5-13-22)7-3-2-6-18-8-10-19(11-9-18)21-14-16-24-17-15-21/h2-3,6-11H,1,4-5,12-17H2/b6-2+,7-3+. The topological polar surface area (TPSA) is 32.8 Å². The third-order valence-electron chi connectivity index (χ3n) is 4.58. The highest BCUT2D eigenvalue weighted by Crippen LogP contribution is 2.17. The van der Waals surface area contributed by atoms with Crippen LogP contribution in [0, 0.1) is 0 Å². The van der Waals surface area contributed by atoms with Crippen LogP contribution in [0.5, 0.6) is 0 Å². The molecule has 2 heterocycles. The van der Waals surface area contributed by atoms with Crippen molar-refractivity contribution in [2.24, 2.45) is 0 Å². The zero-order valence-electron chi connectivity index (χ0n) is 14.2. The third-order valence-corrected chi connectivity index (χ3v) is 4.58. The zero-order valence-corrected chi connectivity index (χ0v) is 14.2. The molecule has 0 saturated carbocycles. The zero-order chi connectivity index (χ0) is 16.6. The normalized spacial score (nSPS) is 19.3. The van der Waals surface area contributed by atoms with Crippen LogP contribution in [-0.4, -0.2) is 50.2 Å². The fourth-order valence-electron chi connectivity index (χ4n) is 3.14. The lowest BCUT2D eigenvalue weighted by molar-refractivity contribution is -0.126. The van der Waals surface area contributed by atoms with E-state index in [9.17, 15) is 4.79 Å². The van der Waals surface area contributed by atoms with Crippen molar-refractivity contribution in [2.45, 2.75) is 19.3 Å². The van der Waals surface area contributed by atoms with E-state index >= 15 is 0 Å². The number of carbonyl (C=O) groups is 1. The molecule has 0 bridgehead atoms. The van der Waals surface area contributed by atoms with E-state index in [1.54, 1.807) is 6.08 Å². The molecule has 1 amide bonds. The summed E-state index contributed by atoms with van der Waals surface area (Å²) in [6.45, 7) is 5.31. The fraction of sp³-hybridized carbons (Fsp3) is 0.450. The van der Waals surface area contributed by atoms with Crippen LogP contribution >= 0.6 is 0 Å². The molecule has 2 aliphatic rings. The molecule has 4 heteroatoms. The number of anilines is 1. The monoisotopic (exact) mass is 326 g/mol. The number of piperidine rings is 1.